The van der Waals surface area contributed by atoms with Gasteiger partial charge in [-0.3, -0.25) is 12.2 Å². The zero-order valence-electron chi connectivity index (χ0n) is 17.3. The van der Waals surface area contributed by atoms with Crippen molar-refractivity contribution in [2.75, 3.05) is 0 Å². The van der Waals surface area contributed by atoms with E-state index in [9.17, 15) is 0 Å². The van der Waals surface area contributed by atoms with Crippen molar-refractivity contribution in [3.63, 3.8) is 0 Å². The van der Waals surface area contributed by atoms with Crippen LogP contribution < -0.4 is 0 Å². The Bertz CT molecular complexity index is 818. The quantitative estimate of drug-likeness (QED) is 0.439. The predicted molar refractivity (Wildman–Crippen MR) is 118 cm³/mol. The molecule has 2 aromatic rings. The Hall–Kier alpha value is -1.85. The van der Waals surface area contributed by atoms with Crippen molar-refractivity contribution < 1.29 is 24.2 Å². The summed E-state index contributed by atoms with van der Waals surface area (Å²) in [5.41, 5.74) is 8.10. The molecular formula is C27H28Zr. The van der Waals surface area contributed by atoms with Gasteiger partial charge in [0.15, 0.2) is 0 Å². The number of allylic oxidation sites excluding steroid dienone is 8. The number of benzene rings is 2. The van der Waals surface area contributed by atoms with Crippen molar-refractivity contribution in [2.24, 2.45) is 0 Å². The van der Waals surface area contributed by atoms with Gasteiger partial charge in [0.05, 0.1) is 0 Å². The third kappa shape index (κ3) is 8.03. The van der Waals surface area contributed by atoms with Crippen LogP contribution in [0.1, 0.15) is 51.7 Å². The van der Waals surface area contributed by atoms with Gasteiger partial charge in [-0.15, -0.1) is 12.8 Å². The Morgan fingerprint density at radius 1 is 0.643 bits per heavy atom. The molecule has 2 aliphatic carbocycles. The van der Waals surface area contributed by atoms with Gasteiger partial charge in [-0.2, -0.15) is 11.1 Å². The van der Waals surface area contributed by atoms with Crippen LogP contribution in [0.4, 0.5) is 0 Å². The van der Waals surface area contributed by atoms with Gasteiger partial charge in [-0.25, -0.2) is 23.3 Å². The normalized spacial score (nSPS) is 14.5. The van der Waals surface area contributed by atoms with Crippen molar-refractivity contribution in [1.82, 2.24) is 0 Å². The van der Waals surface area contributed by atoms with E-state index < -0.39 is 0 Å². The number of hydrogen-bond donors (Lipinski definition) is 0. The first-order valence-electron chi connectivity index (χ1n) is 9.64. The summed E-state index contributed by atoms with van der Waals surface area (Å²) >= 11 is 1.46. The molecule has 0 saturated carbocycles. The van der Waals surface area contributed by atoms with Crippen LogP contribution in [0, 0.1) is 12.2 Å². The fraction of sp³-hybridized carbons (Fsp3) is 0.222. The molecule has 0 unspecified atom stereocenters. The van der Waals surface area contributed by atoms with E-state index in [1.807, 2.05) is 0 Å². The molecule has 28 heavy (non-hydrogen) atoms. The van der Waals surface area contributed by atoms with Gasteiger partial charge in [0.1, 0.15) is 0 Å². The molecule has 2 aromatic carbocycles. The molecule has 0 radical (unpaired) electrons. The second-order valence-corrected chi connectivity index (χ2v) is 8.39. The monoisotopic (exact) mass is 442 g/mol. The van der Waals surface area contributed by atoms with Crippen LogP contribution in [-0.4, -0.2) is 3.21 Å². The van der Waals surface area contributed by atoms with Crippen LogP contribution in [0.5, 0.6) is 0 Å². The van der Waals surface area contributed by atoms with E-state index in [0.717, 1.165) is 12.8 Å². The summed E-state index contributed by atoms with van der Waals surface area (Å²) in [5.74, 6) is 0. The molecule has 0 bridgehead atoms. The summed E-state index contributed by atoms with van der Waals surface area (Å²) in [6.45, 7) is 8.42. The van der Waals surface area contributed by atoms with Crippen LogP contribution in [0.15, 0.2) is 95.1 Å². The maximum atomic E-state index is 3.19. The Labute approximate surface area is 185 Å². The SMILES string of the molecule is CC1=[C-]CC(C)=C1.CC1=[C-]CC(C)=C1.[Zr+2]=[C](c1ccccc1)c1ccccc1. The van der Waals surface area contributed by atoms with Gasteiger partial charge in [0.2, 0.25) is 0 Å². The third-order valence-corrected chi connectivity index (χ3v) is 5.76. The van der Waals surface area contributed by atoms with Crippen LogP contribution in [0.2, 0.25) is 0 Å². The average molecular weight is 444 g/mol. The molecule has 0 nitrogen and oxygen atoms in total. The van der Waals surface area contributed by atoms with Gasteiger partial charge >= 0.3 is 99.2 Å². The van der Waals surface area contributed by atoms with Crippen molar-refractivity contribution >= 4 is 3.21 Å². The number of rotatable bonds is 2. The first kappa shape index (κ1) is 22.4. The molecule has 2 aliphatic rings. The first-order chi connectivity index (χ1) is 13.5. The minimum absolute atomic E-state index is 1.05. The third-order valence-electron chi connectivity index (χ3n) is 4.34. The van der Waals surface area contributed by atoms with Gasteiger partial charge in [-0.05, 0) is 0 Å². The van der Waals surface area contributed by atoms with Crippen molar-refractivity contribution in [3.8, 4) is 0 Å². The maximum absolute atomic E-state index is 3.19. The molecule has 0 spiro atoms. The van der Waals surface area contributed by atoms with E-state index in [1.165, 1.54) is 60.9 Å². The Morgan fingerprint density at radius 3 is 1.21 bits per heavy atom. The first-order valence-corrected chi connectivity index (χ1v) is 10.9. The average Bonchev–Trinajstić information content (AvgIpc) is 3.29. The summed E-state index contributed by atoms with van der Waals surface area (Å²) in [6, 6.07) is 21.1. The predicted octanol–water partition coefficient (Wildman–Crippen LogP) is 6.97. The van der Waals surface area contributed by atoms with E-state index in [-0.39, 0.29) is 0 Å². The van der Waals surface area contributed by atoms with E-state index in [2.05, 4.69) is 113 Å². The van der Waals surface area contributed by atoms with Gasteiger partial charge < -0.3 is 0 Å². The summed E-state index contributed by atoms with van der Waals surface area (Å²) in [6.07, 6.45) is 12.8. The summed E-state index contributed by atoms with van der Waals surface area (Å²) < 4.78 is 1.42. The molecule has 140 valence electrons. The molecular weight excluding hydrogens is 416 g/mol. The van der Waals surface area contributed by atoms with E-state index in [1.54, 1.807) is 0 Å². The second-order valence-electron chi connectivity index (χ2n) is 7.16. The Kier molecular flexibility index (Phi) is 9.52. The molecule has 0 aliphatic heterocycles. The molecule has 0 fully saturated rings. The van der Waals surface area contributed by atoms with Crippen molar-refractivity contribution in [1.29, 1.82) is 0 Å². The van der Waals surface area contributed by atoms with Crippen LogP contribution in [0.25, 0.3) is 0 Å². The molecule has 1 heteroatoms. The summed E-state index contributed by atoms with van der Waals surface area (Å²) in [4.78, 5) is 0. The van der Waals surface area contributed by atoms with Crippen molar-refractivity contribution in [2.45, 2.75) is 40.5 Å². The fourth-order valence-electron chi connectivity index (χ4n) is 2.88. The van der Waals surface area contributed by atoms with E-state index in [4.69, 9.17) is 0 Å². The molecule has 4 rings (SSSR count). The topological polar surface area (TPSA) is 0 Å². The van der Waals surface area contributed by atoms with E-state index in [0.29, 0.717) is 0 Å². The van der Waals surface area contributed by atoms with Crippen LogP contribution in [-0.2, 0) is 24.2 Å². The van der Waals surface area contributed by atoms with E-state index >= 15 is 0 Å². The van der Waals surface area contributed by atoms with Crippen LogP contribution in [0.3, 0.4) is 0 Å². The number of hydrogen-bond acceptors (Lipinski definition) is 0. The zero-order chi connectivity index (χ0) is 20.4. The zero-order valence-corrected chi connectivity index (χ0v) is 19.8. The summed E-state index contributed by atoms with van der Waals surface area (Å²) in [7, 11) is 0. The Morgan fingerprint density at radius 2 is 1.00 bits per heavy atom. The Balaban J connectivity index is 0.000000168. The van der Waals surface area contributed by atoms with Crippen molar-refractivity contribution in [3.05, 3.63) is 118 Å². The minimum atomic E-state index is 1.05. The molecule has 0 amide bonds. The van der Waals surface area contributed by atoms with Gasteiger partial charge in [0.25, 0.3) is 0 Å². The second kappa shape index (κ2) is 11.9. The fourth-order valence-corrected chi connectivity index (χ4v) is 3.70. The van der Waals surface area contributed by atoms with Gasteiger partial charge in [0, 0.05) is 0 Å². The van der Waals surface area contributed by atoms with Gasteiger partial charge in [-0.1, -0.05) is 27.7 Å². The van der Waals surface area contributed by atoms with Crippen LogP contribution >= 0.6 is 0 Å². The molecule has 0 N–H and O–H groups in total. The molecule has 0 saturated heterocycles. The standard InChI is InChI=1S/C13H10.2C7H9.Zr/c1-3-7-12(8-4-1)11-13-9-5-2-6-10-13;2*1-6-3-4-7(2)5-6;/h1-10H;2*5H,3H2,1-2H3;/q;2*-1;+2. The summed E-state index contributed by atoms with van der Waals surface area (Å²) in [5, 5.41) is 0. The molecule has 0 heterocycles. The molecule has 0 atom stereocenters. The molecule has 0 aromatic heterocycles.